The zero-order valence-electron chi connectivity index (χ0n) is 6.85. The van der Waals surface area contributed by atoms with Crippen LogP contribution >= 0.6 is 0 Å². The van der Waals surface area contributed by atoms with Gasteiger partial charge in [0.05, 0.1) is 7.11 Å². The molecule has 5 nitrogen and oxygen atoms in total. The summed E-state index contributed by atoms with van der Waals surface area (Å²) in [5, 5.41) is 17.5. The topological polar surface area (TPSA) is 75.5 Å². The first-order valence-corrected chi connectivity index (χ1v) is 3.39. The molecule has 0 bridgehead atoms. The quantitative estimate of drug-likeness (QED) is 0.524. The SMILES string of the molecule is COc1cc(C)nc(B(O)O)n1. The van der Waals surface area contributed by atoms with E-state index in [4.69, 9.17) is 14.8 Å². The maximum atomic E-state index is 8.74. The molecule has 1 aromatic heterocycles. The van der Waals surface area contributed by atoms with Crippen molar-refractivity contribution in [3.8, 4) is 5.88 Å². The van der Waals surface area contributed by atoms with Crippen LogP contribution in [0.2, 0.25) is 0 Å². The monoisotopic (exact) mass is 168 g/mol. The summed E-state index contributed by atoms with van der Waals surface area (Å²) in [6.07, 6.45) is 0. The summed E-state index contributed by atoms with van der Waals surface area (Å²) in [6.45, 7) is 1.72. The van der Waals surface area contributed by atoms with Gasteiger partial charge in [-0.05, 0) is 6.92 Å². The van der Waals surface area contributed by atoms with Crippen LogP contribution in [0.3, 0.4) is 0 Å². The second-order valence-electron chi connectivity index (χ2n) is 2.28. The molecular weight excluding hydrogens is 159 g/mol. The number of aromatic nitrogens is 2. The Morgan fingerprint density at radius 3 is 2.58 bits per heavy atom. The molecule has 64 valence electrons. The van der Waals surface area contributed by atoms with E-state index in [0.717, 1.165) is 0 Å². The average Bonchev–Trinajstić information content (AvgIpc) is 2.03. The Morgan fingerprint density at radius 1 is 1.42 bits per heavy atom. The minimum Gasteiger partial charge on any atom is -0.481 e. The zero-order valence-corrected chi connectivity index (χ0v) is 6.85. The van der Waals surface area contributed by atoms with Crippen LogP contribution < -0.4 is 10.5 Å². The lowest BCUT2D eigenvalue weighted by molar-refractivity contribution is 0.392. The van der Waals surface area contributed by atoms with Gasteiger partial charge in [0.25, 0.3) is 0 Å². The molecule has 1 aromatic rings. The Morgan fingerprint density at radius 2 is 2.08 bits per heavy atom. The number of rotatable bonds is 2. The van der Waals surface area contributed by atoms with Crippen molar-refractivity contribution < 1.29 is 14.8 Å². The van der Waals surface area contributed by atoms with Gasteiger partial charge in [0.15, 0.2) is 5.72 Å². The zero-order chi connectivity index (χ0) is 9.14. The normalized spacial score (nSPS) is 9.67. The molecule has 0 unspecified atom stereocenters. The van der Waals surface area contributed by atoms with Crippen LogP contribution in [0, 0.1) is 6.92 Å². The fourth-order valence-electron chi connectivity index (χ4n) is 0.782. The van der Waals surface area contributed by atoms with Gasteiger partial charge in [-0.1, -0.05) is 0 Å². The predicted octanol–water partition coefficient (Wildman–Crippen LogP) is -1.53. The molecule has 0 amide bonds. The molecule has 0 spiro atoms. The minimum absolute atomic E-state index is 0.0492. The third-order valence-corrected chi connectivity index (χ3v) is 1.29. The molecule has 0 saturated carbocycles. The molecule has 0 fully saturated rings. The standard InChI is InChI=1S/C6H9BN2O3/c1-4-3-5(12-2)9-6(8-4)7(10)11/h3,10-11H,1-2H3. The van der Waals surface area contributed by atoms with Gasteiger partial charge in [0, 0.05) is 11.8 Å². The molecule has 0 aliphatic heterocycles. The molecule has 2 N–H and O–H groups in total. The van der Waals surface area contributed by atoms with Crippen molar-refractivity contribution in [2.24, 2.45) is 0 Å². The number of hydrogen-bond donors (Lipinski definition) is 2. The van der Waals surface area contributed by atoms with Crippen LogP contribution in [-0.2, 0) is 0 Å². The van der Waals surface area contributed by atoms with Crippen molar-refractivity contribution >= 4 is 12.8 Å². The second-order valence-corrected chi connectivity index (χ2v) is 2.28. The smallest absolute Gasteiger partial charge is 0.481 e. The number of hydrogen-bond acceptors (Lipinski definition) is 5. The third-order valence-electron chi connectivity index (χ3n) is 1.29. The highest BCUT2D eigenvalue weighted by molar-refractivity contribution is 6.56. The fourth-order valence-corrected chi connectivity index (χ4v) is 0.782. The van der Waals surface area contributed by atoms with Crippen LogP contribution in [0.15, 0.2) is 6.07 Å². The van der Waals surface area contributed by atoms with E-state index in [2.05, 4.69) is 9.97 Å². The van der Waals surface area contributed by atoms with Crippen molar-refractivity contribution in [3.05, 3.63) is 11.8 Å². The van der Waals surface area contributed by atoms with Crippen LogP contribution in [0.25, 0.3) is 0 Å². The molecule has 0 aliphatic rings. The highest BCUT2D eigenvalue weighted by Gasteiger charge is 2.16. The highest BCUT2D eigenvalue weighted by Crippen LogP contribution is 2.02. The summed E-state index contributed by atoms with van der Waals surface area (Å²) >= 11 is 0. The molecule has 0 radical (unpaired) electrons. The van der Waals surface area contributed by atoms with Gasteiger partial charge >= 0.3 is 7.12 Å². The minimum atomic E-state index is -1.65. The molecule has 0 aromatic carbocycles. The number of nitrogens with zero attached hydrogens (tertiary/aromatic N) is 2. The van der Waals surface area contributed by atoms with E-state index >= 15 is 0 Å². The Bertz CT molecular complexity index is 279. The summed E-state index contributed by atoms with van der Waals surface area (Å²) in [6, 6.07) is 1.60. The molecular formula is C6H9BN2O3. The molecule has 0 saturated heterocycles. The molecule has 0 aliphatic carbocycles. The number of ether oxygens (including phenoxy) is 1. The third kappa shape index (κ3) is 1.93. The summed E-state index contributed by atoms with van der Waals surface area (Å²) in [4.78, 5) is 7.51. The lowest BCUT2D eigenvalue weighted by atomic mass is 9.91. The summed E-state index contributed by atoms with van der Waals surface area (Å²) in [5.74, 6) is 0.325. The molecule has 1 rings (SSSR count). The van der Waals surface area contributed by atoms with E-state index in [-0.39, 0.29) is 5.72 Å². The first kappa shape index (κ1) is 8.96. The number of aryl methyl sites for hydroxylation is 1. The Kier molecular flexibility index (Phi) is 2.62. The van der Waals surface area contributed by atoms with Gasteiger partial charge in [0.2, 0.25) is 5.88 Å². The van der Waals surface area contributed by atoms with E-state index in [0.29, 0.717) is 11.6 Å². The fraction of sp³-hybridized carbons (Fsp3) is 0.333. The van der Waals surface area contributed by atoms with Gasteiger partial charge in [-0.15, -0.1) is 0 Å². The van der Waals surface area contributed by atoms with Crippen molar-refractivity contribution in [3.63, 3.8) is 0 Å². The lowest BCUT2D eigenvalue weighted by Crippen LogP contribution is -2.36. The van der Waals surface area contributed by atoms with Gasteiger partial charge in [-0.3, -0.25) is 0 Å². The van der Waals surface area contributed by atoms with Gasteiger partial charge in [-0.25, -0.2) is 9.97 Å². The summed E-state index contributed by atoms with van der Waals surface area (Å²) in [7, 11) is -0.200. The first-order chi connectivity index (χ1) is 5.63. The lowest BCUT2D eigenvalue weighted by Gasteiger charge is -2.02. The molecule has 12 heavy (non-hydrogen) atoms. The maximum Gasteiger partial charge on any atom is 0.528 e. The highest BCUT2D eigenvalue weighted by atomic mass is 16.5. The van der Waals surface area contributed by atoms with Gasteiger partial charge in [0.1, 0.15) is 0 Å². The van der Waals surface area contributed by atoms with E-state index in [1.165, 1.54) is 7.11 Å². The van der Waals surface area contributed by atoms with Crippen molar-refractivity contribution in [1.29, 1.82) is 0 Å². The van der Waals surface area contributed by atoms with Gasteiger partial charge < -0.3 is 14.8 Å². The summed E-state index contributed by atoms with van der Waals surface area (Å²) in [5.41, 5.74) is 0.580. The van der Waals surface area contributed by atoms with Crippen LogP contribution in [0.1, 0.15) is 5.69 Å². The van der Waals surface area contributed by atoms with Crippen molar-refractivity contribution in [1.82, 2.24) is 9.97 Å². The van der Waals surface area contributed by atoms with Gasteiger partial charge in [-0.2, -0.15) is 0 Å². The van der Waals surface area contributed by atoms with Crippen molar-refractivity contribution in [2.45, 2.75) is 6.92 Å². The second kappa shape index (κ2) is 3.51. The van der Waals surface area contributed by atoms with E-state index < -0.39 is 7.12 Å². The van der Waals surface area contributed by atoms with Crippen LogP contribution in [0.5, 0.6) is 5.88 Å². The maximum absolute atomic E-state index is 8.74. The average molecular weight is 168 g/mol. The first-order valence-electron chi connectivity index (χ1n) is 3.39. The molecule has 6 heteroatoms. The number of methoxy groups -OCH3 is 1. The summed E-state index contributed by atoms with van der Waals surface area (Å²) < 4.78 is 4.81. The van der Waals surface area contributed by atoms with E-state index in [1.807, 2.05) is 0 Å². The predicted molar refractivity (Wildman–Crippen MR) is 43.1 cm³/mol. The van der Waals surface area contributed by atoms with Crippen LogP contribution in [-0.4, -0.2) is 34.2 Å². The van der Waals surface area contributed by atoms with E-state index in [9.17, 15) is 0 Å². The van der Waals surface area contributed by atoms with Crippen molar-refractivity contribution in [2.75, 3.05) is 7.11 Å². The molecule has 1 heterocycles. The Hall–Kier alpha value is -1.14. The molecule has 0 atom stereocenters. The van der Waals surface area contributed by atoms with Crippen LogP contribution in [0.4, 0.5) is 0 Å². The van der Waals surface area contributed by atoms with E-state index in [1.54, 1.807) is 13.0 Å². The Balaban J connectivity index is 3.06. The Labute approximate surface area is 70.2 Å². The largest absolute Gasteiger partial charge is 0.528 e.